The Balaban J connectivity index is 1.96. The Morgan fingerprint density at radius 2 is 1.88 bits per heavy atom. The lowest BCUT2D eigenvalue weighted by Gasteiger charge is -2.08. The van der Waals surface area contributed by atoms with Crippen molar-refractivity contribution in [2.45, 2.75) is 32.1 Å². The van der Waals surface area contributed by atoms with Gasteiger partial charge in [-0.3, -0.25) is 9.59 Å². The van der Waals surface area contributed by atoms with E-state index in [2.05, 4.69) is 5.32 Å². The van der Waals surface area contributed by atoms with Crippen molar-refractivity contribution in [2.75, 3.05) is 5.32 Å². The largest absolute Gasteiger partial charge is 0.365 e. The molecular weight excluding hydrogens is 367 g/mol. The molecule has 4 nitrogen and oxygen atoms in total. The predicted octanol–water partition coefficient (Wildman–Crippen LogP) is 4.68. The van der Waals surface area contributed by atoms with E-state index in [4.69, 9.17) is 28.9 Å². The molecule has 0 spiro atoms. The number of thiophene rings is 1. The van der Waals surface area contributed by atoms with Crippen LogP contribution in [0.1, 0.15) is 50.4 Å². The number of hydrogen-bond acceptors (Lipinski definition) is 3. The van der Waals surface area contributed by atoms with Crippen LogP contribution >= 0.6 is 34.5 Å². The summed E-state index contributed by atoms with van der Waals surface area (Å²) in [4.78, 5) is 25.6. The summed E-state index contributed by atoms with van der Waals surface area (Å²) in [6.45, 7) is 0. The second-order valence-electron chi connectivity index (χ2n) is 5.69. The predicted molar refractivity (Wildman–Crippen MR) is 98.5 cm³/mol. The fourth-order valence-electron chi connectivity index (χ4n) is 2.94. The highest BCUT2D eigenvalue weighted by atomic mass is 35.5. The zero-order valence-corrected chi connectivity index (χ0v) is 15.2. The zero-order chi connectivity index (χ0) is 17.3. The van der Waals surface area contributed by atoms with E-state index < -0.39 is 11.8 Å². The van der Waals surface area contributed by atoms with E-state index in [1.165, 1.54) is 11.3 Å². The summed E-state index contributed by atoms with van der Waals surface area (Å²) in [5.41, 5.74) is 7.26. The minimum absolute atomic E-state index is 0.190. The minimum Gasteiger partial charge on any atom is -0.365 e. The van der Waals surface area contributed by atoms with Crippen molar-refractivity contribution in [3.63, 3.8) is 0 Å². The third-order valence-electron chi connectivity index (χ3n) is 4.09. The number of rotatable bonds is 3. The molecule has 0 saturated heterocycles. The summed E-state index contributed by atoms with van der Waals surface area (Å²) in [5, 5.41) is 3.78. The molecule has 3 rings (SSSR count). The monoisotopic (exact) mass is 382 g/mol. The van der Waals surface area contributed by atoms with Gasteiger partial charge in [-0.05, 0) is 43.4 Å². The van der Waals surface area contributed by atoms with Crippen LogP contribution in [-0.2, 0) is 12.8 Å². The molecule has 0 radical (unpaired) electrons. The lowest BCUT2D eigenvalue weighted by molar-refractivity contribution is 0.100. The maximum absolute atomic E-state index is 12.5. The lowest BCUT2D eigenvalue weighted by atomic mass is 10.1. The normalized spacial score (nSPS) is 13.9. The van der Waals surface area contributed by atoms with Gasteiger partial charge in [0.05, 0.1) is 21.2 Å². The standard InChI is InChI=1S/C17H16Cl2N2O2S/c18-11-7-4-6-10(14(11)19)16(23)21-17-13(15(20)22)9-5-2-1-3-8-12(9)24-17/h4,6-7H,1-3,5,8H2,(H2,20,22)(H,21,23). The second kappa shape index (κ2) is 7.13. The number of nitrogens with two attached hydrogens (primary N) is 1. The number of fused-ring (bicyclic) bond motifs is 1. The quantitative estimate of drug-likeness (QED) is 0.756. The second-order valence-corrected chi connectivity index (χ2v) is 7.58. The Bertz CT molecular complexity index is 817. The van der Waals surface area contributed by atoms with Gasteiger partial charge in [0.2, 0.25) is 0 Å². The molecule has 0 atom stereocenters. The molecule has 2 aromatic rings. The molecule has 1 aliphatic rings. The van der Waals surface area contributed by atoms with Crippen LogP contribution in [-0.4, -0.2) is 11.8 Å². The van der Waals surface area contributed by atoms with Gasteiger partial charge in [0, 0.05) is 4.88 Å². The maximum atomic E-state index is 12.5. The number of hydrogen-bond donors (Lipinski definition) is 2. The Kier molecular flexibility index (Phi) is 5.13. The third kappa shape index (κ3) is 3.29. The number of carbonyl (C=O) groups excluding carboxylic acids is 2. The van der Waals surface area contributed by atoms with E-state index in [-0.39, 0.29) is 10.6 Å². The number of primary amides is 1. The maximum Gasteiger partial charge on any atom is 0.257 e. The summed E-state index contributed by atoms with van der Waals surface area (Å²) in [5.74, 6) is -0.914. The minimum atomic E-state index is -0.512. The molecule has 7 heteroatoms. The number of halogens is 2. The molecule has 0 saturated carbocycles. The van der Waals surface area contributed by atoms with E-state index in [0.29, 0.717) is 15.6 Å². The fourth-order valence-corrected chi connectivity index (χ4v) is 4.62. The molecule has 1 aromatic heterocycles. The smallest absolute Gasteiger partial charge is 0.257 e. The molecule has 3 N–H and O–H groups in total. The molecule has 1 heterocycles. The number of nitrogens with one attached hydrogen (secondary N) is 1. The van der Waals surface area contributed by atoms with Crippen molar-refractivity contribution in [2.24, 2.45) is 5.73 Å². The summed E-state index contributed by atoms with van der Waals surface area (Å²) >= 11 is 13.5. The van der Waals surface area contributed by atoms with Crippen molar-refractivity contribution in [1.29, 1.82) is 0 Å². The molecule has 0 unspecified atom stereocenters. The average Bonchev–Trinajstić information content (AvgIpc) is 2.71. The van der Waals surface area contributed by atoms with Crippen molar-refractivity contribution in [1.82, 2.24) is 0 Å². The Morgan fingerprint density at radius 3 is 2.62 bits per heavy atom. The number of carbonyl (C=O) groups is 2. The van der Waals surface area contributed by atoms with Crippen LogP contribution in [0.4, 0.5) is 5.00 Å². The molecule has 1 aromatic carbocycles. The highest BCUT2D eigenvalue weighted by Gasteiger charge is 2.25. The van der Waals surface area contributed by atoms with Gasteiger partial charge < -0.3 is 11.1 Å². The third-order valence-corrected chi connectivity index (χ3v) is 6.12. The number of aryl methyl sites for hydroxylation is 1. The van der Waals surface area contributed by atoms with E-state index in [1.54, 1.807) is 18.2 Å². The Hall–Kier alpha value is -1.56. The van der Waals surface area contributed by atoms with Crippen molar-refractivity contribution < 1.29 is 9.59 Å². The number of amides is 2. The van der Waals surface area contributed by atoms with Crippen molar-refractivity contribution in [3.8, 4) is 0 Å². The zero-order valence-electron chi connectivity index (χ0n) is 12.8. The SMILES string of the molecule is NC(=O)c1c(NC(=O)c2cccc(Cl)c2Cl)sc2c1CCCCC2. The van der Waals surface area contributed by atoms with Gasteiger partial charge in [-0.25, -0.2) is 0 Å². The van der Waals surface area contributed by atoms with Gasteiger partial charge in [0.15, 0.2) is 0 Å². The van der Waals surface area contributed by atoms with Crippen LogP contribution in [0.5, 0.6) is 0 Å². The molecule has 0 bridgehead atoms. The number of benzene rings is 1. The highest BCUT2D eigenvalue weighted by Crippen LogP contribution is 2.38. The fraction of sp³-hybridized carbons (Fsp3) is 0.294. The van der Waals surface area contributed by atoms with Crippen LogP contribution in [0.15, 0.2) is 18.2 Å². The van der Waals surface area contributed by atoms with Crippen molar-refractivity contribution in [3.05, 3.63) is 49.8 Å². The topological polar surface area (TPSA) is 72.2 Å². The molecule has 0 aliphatic heterocycles. The van der Waals surface area contributed by atoms with Gasteiger partial charge in [0.1, 0.15) is 5.00 Å². The molecule has 24 heavy (non-hydrogen) atoms. The van der Waals surface area contributed by atoms with E-state index in [1.807, 2.05) is 0 Å². The van der Waals surface area contributed by atoms with E-state index in [0.717, 1.165) is 42.5 Å². The van der Waals surface area contributed by atoms with Crippen molar-refractivity contribution >= 4 is 51.4 Å². The lowest BCUT2D eigenvalue weighted by Crippen LogP contribution is -2.18. The molecular formula is C17H16Cl2N2O2S. The van der Waals surface area contributed by atoms with Crippen LogP contribution in [0.25, 0.3) is 0 Å². The summed E-state index contributed by atoms with van der Waals surface area (Å²) in [6, 6.07) is 4.86. The Morgan fingerprint density at radius 1 is 1.12 bits per heavy atom. The van der Waals surface area contributed by atoms with Crippen LogP contribution < -0.4 is 11.1 Å². The summed E-state index contributed by atoms with van der Waals surface area (Å²) in [7, 11) is 0. The van der Waals surface area contributed by atoms with Gasteiger partial charge in [-0.2, -0.15) is 0 Å². The van der Waals surface area contributed by atoms with Gasteiger partial charge in [-0.1, -0.05) is 35.7 Å². The first-order chi connectivity index (χ1) is 11.5. The first kappa shape index (κ1) is 17.3. The average molecular weight is 383 g/mol. The van der Waals surface area contributed by atoms with Gasteiger partial charge in [-0.15, -0.1) is 11.3 Å². The molecule has 1 aliphatic carbocycles. The van der Waals surface area contributed by atoms with Gasteiger partial charge >= 0.3 is 0 Å². The van der Waals surface area contributed by atoms with E-state index >= 15 is 0 Å². The summed E-state index contributed by atoms with van der Waals surface area (Å²) in [6.07, 6.45) is 4.97. The van der Waals surface area contributed by atoms with Crippen LogP contribution in [0.3, 0.4) is 0 Å². The first-order valence-corrected chi connectivity index (χ1v) is 9.26. The highest BCUT2D eigenvalue weighted by molar-refractivity contribution is 7.17. The Labute approximate surface area is 153 Å². The van der Waals surface area contributed by atoms with Crippen LogP contribution in [0, 0.1) is 0 Å². The molecule has 2 amide bonds. The van der Waals surface area contributed by atoms with Crippen LogP contribution in [0.2, 0.25) is 10.0 Å². The van der Waals surface area contributed by atoms with Gasteiger partial charge in [0.25, 0.3) is 11.8 Å². The summed E-state index contributed by atoms with van der Waals surface area (Å²) < 4.78 is 0. The molecule has 0 fully saturated rings. The van der Waals surface area contributed by atoms with E-state index in [9.17, 15) is 9.59 Å². The molecule has 126 valence electrons. The first-order valence-electron chi connectivity index (χ1n) is 7.68. The number of anilines is 1.